The summed E-state index contributed by atoms with van der Waals surface area (Å²) in [6.07, 6.45) is -3.36. The summed E-state index contributed by atoms with van der Waals surface area (Å²) in [5, 5.41) is 3.08. The summed E-state index contributed by atoms with van der Waals surface area (Å²) in [6, 6.07) is 3.79. The van der Waals surface area contributed by atoms with Crippen LogP contribution in [-0.4, -0.2) is 31.8 Å². The lowest BCUT2D eigenvalue weighted by atomic mass is 10.1. The lowest BCUT2D eigenvalue weighted by Gasteiger charge is -2.20. The number of rotatable bonds is 5. The lowest BCUT2D eigenvalue weighted by molar-refractivity contribution is -0.132. The summed E-state index contributed by atoms with van der Waals surface area (Å²) in [5.74, 6) is 0.554. The molecule has 0 aliphatic heterocycles. The quantitative estimate of drug-likeness (QED) is 0.883. The van der Waals surface area contributed by atoms with Gasteiger partial charge in [-0.1, -0.05) is 0 Å². The Kier molecular flexibility index (Phi) is 4.95. The molecular formula is C12H18F3N3. The van der Waals surface area contributed by atoms with Gasteiger partial charge in [-0.2, -0.15) is 13.2 Å². The van der Waals surface area contributed by atoms with Crippen molar-refractivity contribution in [3.05, 3.63) is 23.9 Å². The first kappa shape index (κ1) is 14.8. The number of pyridine rings is 1. The van der Waals surface area contributed by atoms with Gasteiger partial charge in [0.2, 0.25) is 0 Å². The average molecular weight is 261 g/mol. The molecule has 1 atom stereocenters. The van der Waals surface area contributed by atoms with Gasteiger partial charge in [0.25, 0.3) is 0 Å². The topological polar surface area (TPSA) is 28.2 Å². The minimum atomic E-state index is -4.13. The largest absolute Gasteiger partial charge is 0.390 e. The Morgan fingerprint density at radius 2 is 2.11 bits per heavy atom. The number of alkyl halides is 3. The minimum absolute atomic E-state index is 0.0894. The van der Waals surface area contributed by atoms with Gasteiger partial charge in [-0.3, -0.25) is 0 Å². The number of hydrogen-bond donors (Lipinski definition) is 1. The molecule has 0 aliphatic rings. The van der Waals surface area contributed by atoms with Gasteiger partial charge in [-0.25, -0.2) is 4.98 Å². The normalized spacial score (nSPS) is 13.4. The van der Waals surface area contributed by atoms with Crippen molar-refractivity contribution in [2.75, 3.05) is 25.5 Å². The molecule has 1 aromatic rings. The molecule has 1 rings (SSSR count). The summed E-state index contributed by atoms with van der Waals surface area (Å²) >= 11 is 0. The van der Waals surface area contributed by atoms with Gasteiger partial charge in [0.15, 0.2) is 0 Å². The van der Waals surface area contributed by atoms with E-state index >= 15 is 0 Å². The van der Waals surface area contributed by atoms with Crippen LogP contribution in [0.15, 0.2) is 18.3 Å². The van der Waals surface area contributed by atoms with Gasteiger partial charge >= 0.3 is 6.18 Å². The van der Waals surface area contributed by atoms with Crippen LogP contribution in [0.3, 0.4) is 0 Å². The van der Waals surface area contributed by atoms with Crippen molar-refractivity contribution in [1.82, 2.24) is 10.3 Å². The Bertz CT molecular complexity index is 379. The summed E-state index contributed by atoms with van der Waals surface area (Å²) in [5.41, 5.74) is 1.00. The Hall–Kier alpha value is -1.30. The van der Waals surface area contributed by atoms with Gasteiger partial charge in [0.05, 0.1) is 6.42 Å². The molecule has 0 amide bonds. The van der Waals surface area contributed by atoms with Gasteiger partial charge in [-0.05, 0) is 31.7 Å². The first-order valence-electron chi connectivity index (χ1n) is 5.74. The molecule has 0 saturated heterocycles. The molecule has 18 heavy (non-hydrogen) atoms. The first-order chi connectivity index (χ1) is 8.33. The van der Waals surface area contributed by atoms with Crippen LogP contribution in [0.25, 0.3) is 0 Å². The zero-order chi connectivity index (χ0) is 13.8. The van der Waals surface area contributed by atoms with E-state index in [4.69, 9.17) is 0 Å². The fraction of sp³-hybridized carbons (Fsp3) is 0.583. The molecule has 1 aromatic heterocycles. The summed E-state index contributed by atoms with van der Waals surface area (Å²) < 4.78 is 36.4. The van der Waals surface area contributed by atoms with E-state index in [1.165, 1.54) is 4.90 Å². The molecular weight excluding hydrogens is 243 g/mol. The summed E-state index contributed by atoms with van der Waals surface area (Å²) in [4.78, 5) is 5.60. The SMILES string of the molecule is CNC(C)c1ccnc(N(C)CCC(F)(F)F)c1. The van der Waals surface area contributed by atoms with E-state index in [1.807, 2.05) is 20.0 Å². The number of nitrogens with zero attached hydrogens (tertiary/aromatic N) is 2. The Balaban J connectivity index is 2.71. The van der Waals surface area contributed by atoms with Crippen molar-refractivity contribution >= 4 is 5.82 Å². The van der Waals surface area contributed by atoms with Crippen LogP contribution in [-0.2, 0) is 0 Å². The fourth-order valence-electron chi connectivity index (χ4n) is 1.49. The fourth-order valence-corrected chi connectivity index (χ4v) is 1.49. The van der Waals surface area contributed by atoms with Gasteiger partial charge in [0, 0.05) is 25.8 Å². The minimum Gasteiger partial charge on any atom is -0.359 e. The van der Waals surface area contributed by atoms with E-state index in [1.54, 1.807) is 19.3 Å². The first-order valence-corrected chi connectivity index (χ1v) is 5.74. The zero-order valence-electron chi connectivity index (χ0n) is 10.8. The van der Waals surface area contributed by atoms with Crippen LogP contribution in [0, 0.1) is 0 Å². The molecule has 0 spiro atoms. The van der Waals surface area contributed by atoms with Crippen LogP contribution < -0.4 is 10.2 Å². The molecule has 1 heterocycles. The Morgan fingerprint density at radius 3 is 2.67 bits per heavy atom. The summed E-state index contributed by atoms with van der Waals surface area (Å²) in [6.45, 7) is 1.89. The van der Waals surface area contributed by atoms with Crippen LogP contribution in [0.1, 0.15) is 24.9 Å². The van der Waals surface area contributed by atoms with Crippen LogP contribution in [0.5, 0.6) is 0 Å². The van der Waals surface area contributed by atoms with E-state index < -0.39 is 12.6 Å². The van der Waals surface area contributed by atoms with Crippen molar-refractivity contribution in [1.29, 1.82) is 0 Å². The number of halogens is 3. The predicted molar refractivity (Wildman–Crippen MR) is 65.7 cm³/mol. The van der Waals surface area contributed by atoms with E-state index in [2.05, 4.69) is 10.3 Å². The number of hydrogen-bond acceptors (Lipinski definition) is 3. The smallest absolute Gasteiger partial charge is 0.359 e. The molecule has 0 aromatic carbocycles. The van der Waals surface area contributed by atoms with Gasteiger partial charge < -0.3 is 10.2 Å². The van der Waals surface area contributed by atoms with Crippen LogP contribution in [0.4, 0.5) is 19.0 Å². The molecule has 1 N–H and O–H groups in total. The van der Waals surface area contributed by atoms with E-state index in [0.717, 1.165) is 5.56 Å². The molecule has 1 unspecified atom stereocenters. The molecule has 0 bridgehead atoms. The molecule has 6 heteroatoms. The standard InChI is InChI=1S/C12H18F3N3/c1-9(16-2)10-4-6-17-11(8-10)18(3)7-5-12(13,14)15/h4,6,8-9,16H,5,7H2,1-3H3. The Morgan fingerprint density at radius 1 is 1.44 bits per heavy atom. The van der Waals surface area contributed by atoms with Crippen molar-refractivity contribution in [2.45, 2.75) is 25.6 Å². The van der Waals surface area contributed by atoms with Gasteiger partial charge in [-0.15, -0.1) is 0 Å². The number of aromatic nitrogens is 1. The maximum absolute atomic E-state index is 12.1. The average Bonchev–Trinajstić information content (AvgIpc) is 2.34. The molecule has 0 saturated carbocycles. The van der Waals surface area contributed by atoms with Crippen molar-refractivity contribution in [3.63, 3.8) is 0 Å². The van der Waals surface area contributed by atoms with Crippen molar-refractivity contribution in [2.24, 2.45) is 0 Å². The van der Waals surface area contributed by atoms with E-state index in [0.29, 0.717) is 5.82 Å². The highest BCUT2D eigenvalue weighted by Gasteiger charge is 2.27. The molecule has 0 fully saturated rings. The molecule has 0 aliphatic carbocycles. The second kappa shape index (κ2) is 6.04. The highest BCUT2D eigenvalue weighted by Crippen LogP contribution is 2.22. The lowest BCUT2D eigenvalue weighted by Crippen LogP contribution is -2.25. The van der Waals surface area contributed by atoms with Gasteiger partial charge in [0.1, 0.15) is 5.82 Å². The highest BCUT2D eigenvalue weighted by molar-refractivity contribution is 5.40. The van der Waals surface area contributed by atoms with E-state index in [9.17, 15) is 13.2 Å². The predicted octanol–water partition coefficient (Wildman–Crippen LogP) is 2.75. The monoisotopic (exact) mass is 261 g/mol. The maximum atomic E-state index is 12.1. The second-order valence-corrected chi connectivity index (χ2v) is 4.24. The van der Waals surface area contributed by atoms with Crippen LogP contribution in [0.2, 0.25) is 0 Å². The van der Waals surface area contributed by atoms with Crippen molar-refractivity contribution < 1.29 is 13.2 Å². The third-order valence-corrected chi connectivity index (χ3v) is 2.82. The van der Waals surface area contributed by atoms with E-state index in [-0.39, 0.29) is 12.6 Å². The third kappa shape index (κ3) is 4.52. The highest BCUT2D eigenvalue weighted by atomic mass is 19.4. The summed E-state index contributed by atoms with van der Waals surface area (Å²) in [7, 11) is 3.44. The third-order valence-electron chi connectivity index (χ3n) is 2.82. The van der Waals surface area contributed by atoms with Crippen molar-refractivity contribution in [3.8, 4) is 0 Å². The molecule has 3 nitrogen and oxygen atoms in total. The van der Waals surface area contributed by atoms with Crippen LogP contribution >= 0.6 is 0 Å². The zero-order valence-corrected chi connectivity index (χ0v) is 10.8. The number of nitrogens with one attached hydrogen (secondary N) is 1. The second-order valence-electron chi connectivity index (χ2n) is 4.24. The number of anilines is 1. The maximum Gasteiger partial charge on any atom is 0.390 e. The molecule has 0 radical (unpaired) electrons. The Labute approximate surface area is 105 Å². The molecule has 102 valence electrons.